The average Bonchev–Trinajstić information content (AvgIpc) is 3.20. The zero-order valence-corrected chi connectivity index (χ0v) is 13.8. The predicted octanol–water partition coefficient (Wildman–Crippen LogP) is 2.90. The largest absolute Gasteiger partial charge is 0.352 e. The molecule has 0 saturated heterocycles. The molecule has 0 spiro atoms. The second kappa shape index (κ2) is 7.07. The topological polar surface area (TPSA) is 49.4 Å². The lowest BCUT2D eigenvalue weighted by Gasteiger charge is -2.27. The molecular formula is C16H18N2O2S2. The quantitative estimate of drug-likeness (QED) is 0.855. The Bertz CT molecular complexity index is 649. The van der Waals surface area contributed by atoms with Crippen molar-refractivity contribution in [2.75, 3.05) is 13.1 Å². The summed E-state index contributed by atoms with van der Waals surface area (Å²) < 4.78 is 0. The van der Waals surface area contributed by atoms with E-state index in [-0.39, 0.29) is 11.8 Å². The van der Waals surface area contributed by atoms with Gasteiger partial charge in [-0.05, 0) is 41.3 Å². The van der Waals surface area contributed by atoms with Crippen molar-refractivity contribution in [3.05, 3.63) is 44.3 Å². The maximum atomic E-state index is 12.2. The zero-order chi connectivity index (χ0) is 15.4. The number of nitrogens with one attached hydrogen (secondary N) is 1. The maximum Gasteiger partial charge on any atom is 0.252 e. The van der Waals surface area contributed by atoms with Gasteiger partial charge in [0.15, 0.2) is 0 Å². The van der Waals surface area contributed by atoms with Gasteiger partial charge >= 0.3 is 0 Å². The molecule has 22 heavy (non-hydrogen) atoms. The average molecular weight is 334 g/mol. The molecule has 0 aliphatic carbocycles. The number of nitrogens with zero attached hydrogens (tertiary/aromatic N) is 1. The Labute approximate surface area is 137 Å². The molecule has 116 valence electrons. The standard InChI is InChI=1S/C16H18N2O2S2/c19-15(18-7-3-14-12(10-18)5-9-22-14)2-1-6-17-16(20)13-4-8-21-11-13/h4-5,8-9,11H,1-3,6-7,10H2,(H,17,20). The van der Waals surface area contributed by atoms with E-state index in [2.05, 4.69) is 16.8 Å². The van der Waals surface area contributed by atoms with E-state index < -0.39 is 0 Å². The van der Waals surface area contributed by atoms with Crippen LogP contribution >= 0.6 is 22.7 Å². The van der Waals surface area contributed by atoms with Crippen LogP contribution in [0.15, 0.2) is 28.3 Å². The van der Waals surface area contributed by atoms with Crippen LogP contribution < -0.4 is 5.32 Å². The van der Waals surface area contributed by atoms with E-state index in [1.54, 1.807) is 17.4 Å². The van der Waals surface area contributed by atoms with Crippen LogP contribution in [0.3, 0.4) is 0 Å². The first-order chi connectivity index (χ1) is 10.7. The van der Waals surface area contributed by atoms with Crippen LogP contribution in [0.25, 0.3) is 0 Å². The highest BCUT2D eigenvalue weighted by molar-refractivity contribution is 7.10. The number of rotatable bonds is 5. The van der Waals surface area contributed by atoms with Crippen molar-refractivity contribution in [2.24, 2.45) is 0 Å². The number of amides is 2. The van der Waals surface area contributed by atoms with Crippen LogP contribution in [0.5, 0.6) is 0 Å². The van der Waals surface area contributed by atoms with Crippen LogP contribution in [0.1, 0.15) is 33.6 Å². The van der Waals surface area contributed by atoms with Gasteiger partial charge in [-0.15, -0.1) is 11.3 Å². The van der Waals surface area contributed by atoms with Crippen LogP contribution in [-0.4, -0.2) is 29.8 Å². The molecule has 0 saturated carbocycles. The fourth-order valence-electron chi connectivity index (χ4n) is 2.56. The summed E-state index contributed by atoms with van der Waals surface area (Å²) in [7, 11) is 0. The van der Waals surface area contributed by atoms with E-state index in [1.807, 2.05) is 15.7 Å². The molecule has 3 heterocycles. The van der Waals surface area contributed by atoms with Gasteiger partial charge in [-0.25, -0.2) is 0 Å². The highest BCUT2D eigenvalue weighted by Crippen LogP contribution is 2.24. The van der Waals surface area contributed by atoms with Crippen molar-refractivity contribution >= 4 is 34.5 Å². The van der Waals surface area contributed by atoms with Crippen LogP contribution in [0.2, 0.25) is 0 Å². The summed E-state index contributed by atoms with van der Waals surface area (Å²) in [5.41, 5.74) is 1.98. The summed E-state index contributed by atoms with van der Waals surface area (Å²) in [6, 6.07) is 3.91. The summed E-state index contributed by atoms with van der Waals surface area (Å²) in [6.45, 7) is 2.09. The molecule has 1 aliphatic heterocycles. The minimum absolute atomic E-state index is 0.0606. The summed E-state index contributed by atoms with van der Waals surface area (Å²) in [6.07, 6.45) is 2.14. The smallest absolute Gasteiger partial charge is 0.252 e. The third-order valence-electron chi connectivity index (χ3n) is 3.80. The van der Waals surface area contributed by atoms with Crippen molar-refractivity contribution in [3.8, 4) is 0 Å². The highest BCUT2D eigenvalue weighted by atomic mass is 32.1. The Morgan fingerprint density at radius 1 is 1.27 bits per heavy atom. The van der Waals surface area contributed by atoms with Crippen molar-refractivity contribution in [1.29, 1.82) is 0 Å². The summed E-state index contributed by atoms with van der Waals surface area (Å²) in [5.74, 6) is 0.121. The van der Waals surface area contributed by atoms with Crippen LogP contribution in [0.4, 0.5) is 0 Å². The van der Waals surface area contributed by atoms with Gasteiger partial charge in [-0.1, -0.05) is 0 Å². The minimum Gasteiger partial charge on any atom is -0.352 e. The van der Waals surface area contributed by atoms with Crippen molar-refractivity contribution in [3.63, 3.8) is 0 Å². The van der Waals surface area contributed by atoms with Crippen molar-refractivity contribution in [1.82, 2.24) is 10.2 Å². The number of thiophene rings is 2. The van der Waals surface area contributed by atoms with E-state index in [0.717, 1.165) is 19.5 Å². The van der Waals surface area contributed by atoms with Crippen molar-refractivity contribution in [2.45, 2.75) is 25.8 Å². The number of fused-ring (bicyclic) bond motifs is 1. The Morgan fingerprint density at radius 2 is 2.18 bits per heavy atom. The van der Waals surface area contributed by atoms with Gasteiger partial charge in [0.25, 0.3) is 5.91 Å². The Kier molecular flexibility index (Phi) is 4.90. The van der Waals surface area contributed by atoms with Gasteiger partial charge in [0.05, 0.1) is 0 Å². The van der Waals surface area contributed by atoms with Gasteiger partial charge in [0.2, 0.25) is 5.91 Å². The molecule has 2 aromatic heterocycles. The minimum atomic E-state index is -0.0606. The van der Waals surface area contributed by atoms with E-state index in [9.17, 15) is 9.59 Å². The molecule has 3 rings (SSSR count). The lowest BCUT2D eigenvalue weighted by atomic mass is 10.1. The van der Waals surface area contributed by atoms with Gasteiger partial charge in [-0.2, -0.15) is 11.3 Å². The first-order valence-corrected chi connectivity index (χ1v) is 9.19. The third-order valence-corrected chi connectivity index (χ3v) is 5.50. The third kappa shape index (κ3) is 3.56. The molecular weight excluding hydrogens is 316 g/mol. The van der Waals surface area contributed by atoms with Gasteiger partial charge in [0.1, 0.15) is 0 Å². The number of carbonyl (C=O) groups is 2. The molecule has 0 fully saturated rings. The Morgan fingerprint density at radius 3 is 3.00 bits per heavy atom. The monoisotopic (exact) mass is 334 g/mol. The molecule has 2 aromatic rings. The summed E-state index contributed by atoms with van der Waals surface area (Å²) in [5, 5.41) is 8.66. The molecule has 2 amide bonds. The molecule has 1 aliphatic rings. The first-order valence-electron chi connectivity index (χ1n) is 7.37. The lowest BCUT2D eigenvalue weighted by molar-refractivity contribution is -0.132. The zero-order valence-electron chi connectivity index (χ0n) is 12.2. The van der Waals surface area contributed by atoms with E-state index in [4.69, 9.17) is 0 Å². The number of hydrogen-bond acceptors (Lipinski definition) is 4. The molecule has 0 unspecified atom stereocenters. The second-order valence-electron chi connectivity index (χ2n) is 5.31. The Balaban J connectivity index is 1.39. The molecule has 0 bridgehead atoms. The van der Waals surface area contributed by atoms with Gasteiger partial charge < -0.3 is 10.2 Å². The molecule has 4 nitrogen and oxygen atoms in total. The van der Waals surface area contributed by atoms with Gasteiger partial charge in [0, 0.05) is 41.9 Å². The SMILES string of the molecule is O=C(NCCCC(=O)N1CCc2sccc2C1)c1ccsc1. The summed E-state index contributed by atoms with van der Waals surface area (Å²) >= 11 is 3.28. The van der Waals surface area contributed by atoms with E-state index in [1.165, 1.54) is 21.8 Å². The molecule has 0 radical (unpaired) electrons. The summed E-state index contributed by atoms with van der Waals surface area (Å²) in [4.78, 5) is 27.3. The van der Waals surface area contributed by atoms with E-state index >= 15 is 0 Å². The van der Waals surface area contributed by atoms with Crippen molar-refractivity contribution < 1.29 is 9.59 Å². The fourth-order valence-corrected chi connectivity index (χ4v) is 4.08. The fraction of sp³-hybridized carbons (Fsp3) is 0.375. The van der Waals surface area contributed by atoms with Gasteiger partial charge in [-0.3, -0.25) is 9.59 Å². The second-order valence-corrected chi connectivity index (χ2v) is 7.09. The molecule has 0 atom stereocenters. The molecule has 1 N–H and O–H groups in total. The first kappa shape index (κ1) is 15.2. The van der Waals surface area contributed by atoms with Crippen LogP contribution in [-0.2, 0) is 17.8 Å². The normalized spacial score (nSPS) is 13.7. The van der Waals surface area contributed by atoms with Crippen LogP contribution in [0, 0.1) is 0 Å². The number of carbonyl (C=O) groups excluding carboxylic acids is 2. The molecule has 6 heteroatoms. The maximum absolute atomic E-state index is 12.2. The highest BCUT2D eigenvalue weighted by Gasteiger charge is 2.20. The Hall–Kier alpha value is -1.66. The predicted molar refractivity (Wildman–Crippen MR) is 89.3 cm³/mol. The van der Waals surface area contributed by atoms with E-state index in [0.29, 0.717) is 24.9 Å². The molecule has 0 aromatic carbocycles. The lowest BCUT2D eigenvalue weighted by Crippen LogP contribution is -2.35. The number of hydrogen-bond donors (Lipinski definition) is 1.